The van der Waals surface area contributed by atoms with Gasteiger partial charge in [0.2, 0.25) is 0 Å². The topological polar surface area (TPSA) is 75.7 Å². The number of hydrogen-bond acceptors (Lipinski definition) is 6. The standard InChI is InChI=1S/C19H15ClN2O4S/c1-26-18(24)13-7-5-12(6-8-13)9-16-17(23)22(19(25)27-16)11-21-15-4-2-3-14(20)10-15/h2-10,21H,11H2,1H3. The molecular formula is C19H15ClN2O4S. The fourth-order valence-electron chi connectivity index (χ4n) is 2.39. The van der Waals surface area contributed by atoms with E-state index in [1.54, 1.807) is 54.6 Å². The number of esters is 1. The van der Waals surface area contributed by atoms with Gasteiger partial charge in [0, 0.05) is 10.7 Å². The highest BCUT2D eigenvalue weighted by atomic mass is 35.5. The van der Waals surface area contributed by atoms with Gasteiger partial charge in [0.05, 0.1) is 24.2 Å². The van der Waals surface area contributed by atoms with E-state index in [-0.39, 0.29) is 17.8 Å². The van der Waals surface area contributed by atoms with Crippen LogP contribution in [0.2, 0.25) is 5.02 Å². The summed E-state index contributed by atoms with van der Waals surface area (Å²) in [5.74, 6) is -0.814. The number of amides is 2. The van der Waals surface area contributed by atoms with E-state index in [2.05, 4.69) is 10.1 Å². The number of carbonyl (C=O) groups is 3. The largest absolute Gasteiger partial charge is 0.465 e. The first-order chi connectivity index (χ1) is 13.0. The molecule has 0 atom stereocenters. The number of methoxy groups -OCH3 is 1. The molecule has 2 aromatic carbocycles. The van der Waals surface area contributed by atoms with Crippen molar-refractivity contribution in [2.24, 2.45) is 0 Å². The molecule has 2 amide bonds. The smallest absolute Gasteiger partial charge is 0.337 e. The van der Waals surface area contributed by atoms with Crippen LogP contribution in [0.1, 0.15) is 15.9 Å². The van der Waals surface area contributed by atoms with E-state index < -0.39 is 5.97 Å². The van der Waals surface area contributed by atoms with Crippen LogP contribution >= 0.6 is 23.4 Å². The molecule has 0 aromatic heterocycles. The Kier molecular flexibility index (Phi) is 5.83. The van der Waals surface area contributed by atoms with Crippen LogP contribution in [-0.4, -0.2) is 35.8 Å². The highest BCUT2D eigenvalue weighted by Crippen LogP contribution is 2.32. The second-order valence-corrected chi connectivity index (χ2v) is 7.00. The van der Waals surface area contributed by atoms with Gasteiger partial charge in [0.25, 0.3) is 11.1 Å². The molecule has 0 unspecified atom stereocenters. The van der Waals surface area contributed by atoms with Gasteiger partial charge < -0.3 is 10.1 Å². The third kappa shape index (κ3) is 4.50. The lowest BCUT2D eigenvalue weighted by molar-refractivity contribution is -0.122. The molecule has 6 nitrogen and oxygen atoms in total. The summed E-state index contributed by atoms with van der Waals surface area (Å²) in [5, 5.41) is 3.21. The summed E-state index contributed by atoms with van der Waals surface area (Å²) in [6.45, 7) is 0.0453. The molecule has 138 valence electrons. The van der Waals surface area contributed by atoms with E-state index in [4.69, 9.17) is 11.6 Å². The SMILES string of the molecule is COC(=O)c1ccc(C=C2SC(=O)N(CNc3cccc(Cl)c3)C2=O)cc1. The van der Waals surface area contributed by atoms with Crippen molar-refractivity contribution in [2.75, 3.05) is 19.1 Å². The predicted octanol–water partition coefficient (Wildman–Crippen LogP) is 4.23. The van der Waals surface area contributed by atoms with Crippen LogP contribution in [0.3, 0.4) is 0 Å². The number of nitrogens with zero attached hydrogens (tertiary/aromatic N) is 1. The van der Waals surface area contributed by atoms with Crippen molar-refractivity contribution in [3.63, 3.8) is 0 Å². The quantitative estimate of drug-likeness (QED) is 0.595. The number of nitrogens with one attached hydrogen (secondary N) is 1. The summed E-state index contributed by atoms with van der Waals surface area (Å²) >= 11 is 6.79. The van der Waals surface area contributed by atoms with Crippen molar-refractivity contribution in [3.05, 3.63) is 69.6 Å². The van der Waals surface area contributed by atoms with Gasteiger partial charge in [-0.2, -0.15) is 0 Å². The molecule has 0 radical (unpaired) electrons. The van der Waals surface area contributed by atoms with Crippen LogP contribution in [0, 0.1) is 0 Å². The molecule has 0 spiro atoms. The first-order valence-electron chi connectivity index (χ1n) is 7.91. The number of benzene rings is 2. The zero-order valence-electron chi connectivity index (χ0n) is 14.3. The number of ether oxygens (including phenoxy) is 1. The first kappa shape index (κ1) is 19.0. The highest BCUT2D eigenvalue weighted by molar-refractivity contribution is 8.18. The molecule has 0 aliphatic carbocycles. The minimum absolute atomic E-state index is 0.0453. The molecule has 1 aliphatic heterocycles. The number of hydrogen-bond donors (Lipinski definition) is 1. The monoisotopic (exact) mass is 402 g/mol. The fourth-order valence-corrected chi connectivity index (χ4v) is 3.42. The van der Waals surface area contributed by atoms with Gasteiger partial charge in [-0.3, -0.25) is 14.5 Å². The number of carbonyl (C=O) groups excluding carboxylic acids is 3. The Labute approximate surface area is 165 Å². The molecule has 1 N–H and O–H groups in total. The number of imide groups is 1. The fraction of sp³-hybridized carbons (Fsp3) is 0.105. The maximum absolute atomic E-state index is 12.5. The van der Waals surface area contributed by atoms with Crippen LogP contribution in [0.15, 0.2) is 53.4 Å². The molecule has 1 aliphatic rings. The molecule has 1 heterocycles. The third-order valence-electron chi connectivity index (χ3n) is 3.77. The molecule has 27 heavy (non-hydrogen) atoms. The lowest BCUT2D eigenvalue weighted by Gasteiger charge is -2.14. The zero-order chi connectivity index (χ0) is 19.4. The van der Waals surface area contributed by atoms with Crippen LogP contribution < -0.4 is 5.32 Å². The summed E-state index contributed by atoms with van der Waals surface area (Å²) in [6, 6.07) is 13.6. The van der Waals surface area contributed by atoms with Crippen LogP contribution in [-0.2, 0) is 9.53 Å². The molecule has 1 fully saturated rings. The Balaban J connectivity index is 1.69. The van der Waals surface area contributed by atoms with Gasteiger partial charge in [-0.15, -0.1) is 0 Å². The van der Waals surface area contributed by atoms with Gasteiger partial charge in [-0.25, -0.2) is 4.79 Å². The van der Waals surface area contributed by atoms with Crippen molar-refractivity contribution >= 4 is 52.2 Å². The van der Waals surface area contributed by atoms with Gasteiger partial charge in [0.1, 0.15) is 0 Å². The summed E-state index contributed by atoms with van der Waals surface area (Å²) in [5.41, 5.74) is 1.83. The van der Waals surface area contributed by atoms with Crippen LogP contribution in [0.25, 0.3) is 6.08 Å². The summed E-state index contributed by atoms with van der Waals surface area (Å²) in [6.07, 6.45) is 1.62. The van der Waals surface area contributed by atoms with E-state index in [1.807, 2.05) is 0 Å². The van der Waals surface area contributed by atoms with Gasteiger partial charge >= 0.3 is 5.97 Å². The average molecular weight is 403 g/mol. The minimum Gasteiger partial charge on any atom is -0.465 e. The van der Waals surface area contributed by atoms with Crippen molar-refractivity contribution in [2.45, 2.75) is 0 Å². The predicted molar refractivity (Wildman–Crippen MR) is 106 cm³/mol. The van der Waals surface area contributed by atoms with Crippen molar-refractivity contribution in [3.8, 4) is 0 Å². The van der Waals surface area contributed by atoms with E-state index in [1.165, 1.54) is 7.11 Å². The van der Waals surface area contributed by atoms with Gasteiger partial charge in [-0.05, 0) is 53.7 Å². The maximum atomic E-state index is 12.5. The third-order valence-corrected chi connectivity index (χ3v) is 4.91. The zero-order valence-corrected chi connectivity index (χ0v) is 15.8. The lowest BCUT2D eigenvalue weighted by atomic mass is 10.1. The summed E-state index contributed by atoms with van der Waals surface area (Å²) in [4.78, 5) is 37.6. The van der Waals surface area contributed by atoms with E-state index in [0.717, 1.165) is 16.7 Å². The molecule has 0 saturated carbocycles. The Morgan fingerprint density at radius 2 is 1.96 bits per heavy atom. The van der Waals surface area contributed by atoms with E-state index in [9.17, 15) is 14.4 Å². The number of thioether (sulfide) groups is 1. The second kappa shape index (κ2) is 8.28. The Hall–Kier alpha value is -2.77. The molecule has 8 heteroatoms. The van der Waals surface area contributed by atoms with Gasteiger partial charge in [0.15, 0.2) is 0 Å². The highest BCUT2D eigenvalue weighted by Gasteiger charge is 2.34. The summed E-state index contributed by atoms with van der Waals surface area (Å²) in [7, 11) is 1.31. The molecule has 1 saturated heterocycles. The Morgan fingerprint density at radius 1 is 1.22 bits per heavy atom. The van der Waals surface area contributed by atoms with E-state index in [0.29, 0.717) is 26.7 Å². The van der Waals surface area contributed by atoms with Crippen molar-refractivity contribution < 1.29 is 19.1 Å². The van der Waals surface area contributed by atoms with Crippen LogP contribution in [0.4, 0.5) is 10.5 Å². The molecule has 3 rings (SSSR count). The van der Waals surface area contributed by atoms with Crippen molar-refractivity contribution in [1.82, 2.24) is 4.90 Å². The second-order valence-electron chi connectivity index (χ2n) is 5.57. The van der Waals surface area contributed by atoms with Crippen LogP contribution in [0.5, 0.6) is 0 Å². The van der Waals surface area contributed by atoms with Gasteiger partial charge in [-0.1, -0.05) is 29.8 Å². The normalized spacial score (nSPS) is 15.3. The van der Waals surface area contributed by atoms with Crippen molar-refractivity contribution in [1.29, 1.82) is 0 Å². The number of rotatable bonds is 5. The van der Waals surface area contributed by atoms with E-state index >= 15 is 0 Å². The number of halogens is 1. The lowest BCUT2D eigenvalue weighted by Crippen LogP contribution is -2.33. The summed E-state index contributed by atoms with van der Waals surface area (Å²) < 4.78 is 4.65. The average Bonchev–Trinajstić information content (AvgIpc) is 2.93. The molecular weight excluding hydrogens is 388 g/mol. The Bertz CT molecular complexity index is 928. The maximum Gasteiger partial charge on any atom is 0.337 e. The Morgan fingerprint density at radius 3 is 2.63 bits per heavy atom. The molecule has 0 bridgehead atoms. The minimum atomic E-state index is -0.436. The molecule has 2 aromatic rings. The first-order valence-corrected chi connectivity index (χ1v) is 9.10. The number of anilines is 1.